The molecule has 5 heterocycles. The Labute approximate surface area is 267 Å². The maximum atomic E-state index is 13.0. The number of carbonyl (C=O) groups excluding carboxylic acids is 2. The van der Waals surface area contributed by atoms with Crippen molar-refractivity contribution in [3.05, 3.63) is 90.8 Å². The smallest absolute Gasteiger partial charge is 0.330 e. The highest BCUT2D eigenvalue weighted by Gasteiger charge is 2.48. The highest BCUT2D eigenvalue weighted by molar-refractivity contribution is 6.39. The molecule has 1 aromatic carbocycles. The Morgan fingerprint density at radius 3 is 2.53 bits per heavy atom. The van der Waals surface area contributed by atoms with Gasteiger partial charge in [-0.1, -0.05) is 41.4 Å². The monoisotopic (exact) mass is 649 g/mol. The first-order valence-corrected chi connectivity index (χ1v) is 14.8. The molecule has 2 saturated heterocycles. The largest absolute Gasteiger partial charge is 0.481 e. The summed E-state index contributed by atoms with van der Waals surface area (Å²) in [4.78, 5) is 60.8. The average molecular weight is 651 g/mol. The second kappa shape index (κ2) is 11.8. The second-order valence-electron chi connectivity index (χ2n) is 11.4. The Balaban J connectivity index is 1.25. The van der Waals surface area contributed by atoms with E-state index in [1.54, 1.807) is 37.6 Å². The van der Waals surface area contributed by atoms with Gasteiger partial charge in [0.05, 0.1) is 28.5 Å². The van der Waals surface area contributed by atoms with Gasteiger partial charge in [0.1, 0.15) is 11.3 Å². The normalized spacial score (nSPS) is 15.5. The molecule has 0 radical (unpaired) electrons. The highest BCUT2D eigenvalue weighted by atomic mass is 35.5. The third-order valence-electron chi connectivity index (χ3n) is 8.20. The van der Waals surface area contributed by atoms with Gasteiger partial charge in [0, 0.05) is 81.2 Å². The lowest BCUT2D eigenvalue weighted by Gasteiger charge is -2.47. The predicted octanol–water partition coefficient (Wildman–Crippen LogP) is 3.10. The minimum atomic E-state index is -0.727. The average Bonchev–Trinajstić information content (AvgIpc) is 3.41. The number of nitrogens with zero attached hydrogens (tertiary/aromatic N) is 5. The SMILES string of the molecule is COc1nc(-c2nccc(-c3cccc(NC(=O)c4cn(C)c(=O)n(C)c4=O)c3Cl)c2Cl)ccc1CN1CC2(CNC(=O)C2)C1. The molecule has 6 rings (SSSR count). The molecule has 232 valence electrons. The summed E-state index contributed by atoms with van der Waals surface area (Å²) in [5.41, 5.74) is 1.67. The Morgan fingerprint density at radius 2 is 1.82 bits per heavy atom. The second-order valence-corrected chi connectivity index (χ2v) is 12.2. The van der Waals surface area contributed by atoms with Crippen molar-refractivity contribution in [3.63, 3.8) is 0 Å². The third-order valence-corrected chi connectivity index (χ3v) is 8.99. The molecule has 12 nitrogen and oxygen atoms in total. The van der Waals surface area contributed by atoms with E-state index in [1.807, 2.05) is 12.1 Å². The summed E-state index contributed by atoms with van der Waals surface area (Å²) in [6, 6.07) is 10.5. The Hall–Kier alpha value is -4.52. The first-order valence-electron chi connectivity index (χ1n) is 14.0. The van der Waals surface area contributed by atoms with Crippen LogP contribution in [-0.4, -0.2) is 62.6 Å². The summed E-state index contributed by atoms with van der Waals surface area (Å²) in [7, 11) is 4.31. The van der Waals surface area contributed by atoms with Gasteiger partial charge in [-0.3, -0.25) is 28.8 Å². The quantitative estimate of drug-likeness (QED) is 0.311. The van der Waals surface area contributed by atoms with E-state index >= 15 is 0 Å². The van der Waals surface area contributed by atoms with E-state index in [2.05, 4.69) is 20.5 Å². The van der Waals surface area contributed by atoms with Crippen molar-refractivity contribution >= 4 is 40.7 Å². The molecule has 4 aromatic rings. The Morgan fingerprint density at radius 1 is 1.07 bits per heavy atom. The van der Waals surface area contributed by atoms with Gasteiger partial charge in [-0.05, 0) is 18.2 Å². The van der Waals surface area contributed by atoms with Crippen LogP contribution >= 0.6 is 23.2 Å². The van der Waals surface area contributed by atoms with E-state index in [0.717, 1.165) is 27.8 Å². The molecule has 2 aliphatic heterocycles. The highest BCUT2D eigenvalue weighted by Crippen LogP contribution is 2.41. The van der Waals surface area contributed by atoms with Crippen molar-refractivity contribution in [2.75, 3.05) is 32.1 Å². The van der Waals surface area contributed by atoms with Crippen LogP contribution in [0.5, 0.6) is 5.88 Å². The lowest BCUT2D eigenvalue weighted by molar-refractivity contribution is -0.120. The number of carbonyl (C=O) groups is 2. The van der Waals surface area contributed by atoms with E-state index in [0.29, 0.717) is 52.9 Å². The molecule has 2 N–H and O–H groups in total. The van der Waals surface area contributed by atoms with Crippen LogP contribution in [0, 0.1) is 5.41 Å². The number of rotatable bonds is 7. The van der Waals surface area contributed by atoms with Crippen molar-refractivity contribution in [2.24, 2.45) is 19.5 Å². The molecule has 2 fully saturated rings. The number of pyridine rings is 2. The van der Waals surface area contributed by atoms with Gasteiger partial charge >= 0.3 is 5.69 Å². The molecular weight excluding hydrogens is 621 g/mol. The molecule has 0 bridgehead atoms. The number of likely N-dealkylation sites (tertiary alicyclic amines) is 1. The van der Waals surface area contributed by atoms with Crippen LogP contribution in [0.15, 0.2) is 58.4 Å². The minimum Gasteiger partial charge on any atom is -0.481 e. The summed E-state index contributed by atoms with van der Waals surface area (Å²) < 4.78 is 7.64. The summed E-state index contributed by atoms with van der Waals surface area (Å²) >= 11 is 13.7. The van der Waals surface area contributed by atoms with Crippen LogP contribution in [0.1, 0.15) is 22.3 Å². The van der Waals surface area contributed by atoms with E-state index in [4.69, 9.17) is 32.9 Å². The first-order chi connectivity index (χ1) is 21.5. The number of ether oxygens (including phenoxy) is 1. The standard InChI is InChI=1S/C31H29Cl2N7O5/c1-38-13-20(29(43)39(2)30(38)44)27(42)36-21-6-4-5-18(24(21)32)19-9-10-34-26(25(19)33)22-8-7-17(28(37-22)45-3)12-40-15-31(16-40)11-23(41)35-14-31/h4-10,13H,11-12,14-16H2,1-3H3,(H,35,41)(H,36,42). The summed E-state index contributed by atoms with van der Waals surface area (Å²) in [6.45, 7) is 3.00. The number of benzene rings is 1. The fraction of sp³-hybridized carbons (Fsp3) is 0.290. The molecule has 1 spiro atoms. The zero-order valence-corrected chi connectivity index (χ0v) is 26.2. The number of aryl methyl sites for hydroxylation is 1. The molecule has 0 atom stereocenters. The zero-order valence-electron chi connectivity index (χ0n) is 24.7. The summed E-state index contributed by atoms with van der Waals surface area (Å²) in [6.07, 6.45) is 3.34. The maximum absolute atomic E-state index is 13.0. The number of nitrogens with one attached hydrogen (secondary N) is 2. The van der Waals surface area contributed by atoms with E-state index in [9.17, 15) is 19.2 Å². The molecule has 2 aliphatic rings. The van der Waals surface area contributed by atoms with E-state index in [1.165, 1.54) is 20.3 Å². The van der Waals surface area contributed by atoms with Gasteiger partial charge in [-0.2, -0.15) is 0 Å². The molecular formula is C31H29Cl2N7O5. The van der Waals surface area contributed by atoms with Crippen LogP contribution in [-0.2, 0) is 25.4 Å². The van der Waals surface area contributed by atoms with Crippen LogP contribution < -0.4 is 26.6 Å². The van der Waals surface area contributed by atoms with Gasteiger partial charge in [0.15, 0.2) is 0 Å². The number of amides is 2. The molecule has 0 aliphatic carbocycles. The molecule has 0 unspecified atom stereocenters. The van der Waals surface area contributed by atoms with Crippen LogP contribution in [0.4, 0.5) is 5.69 Å². The van der Waals surface area contributed by atoms with Gasteiger partial charge in [-0.15, -0.1) is 0 Å². The molecule has 14 heteroatoms. The van der Waals surface area contributed by atoms with Crippen LogP contribution in [0.25, 0.3) is 22.5 Å². The van der Waals surface area contributed by atoms with Gasteiger partial charge in [0.25, 0.3) is 11.5 Å². The van der Waals surface area contributed by atoms with E-state index in [-0.39, 0.29) is 27.6 Å². The minimum absolute atomic E-state index is 0.0232. The fourth-order valence-corrected chi connectivity index (χ4v) is 6.53. The number of halogens is 2. The van der Waals surface area contributed by atoms with Crippen molar-refractivity contribution < 1.29 is 14.3 Å². The Kier molecular flexibility index (Phi) is 7.98. The summed E-state index contributed by atoms with van der Waals surface area (Å²) in [5, 5.41) is 6.08. The van der Waals surface area contributed by atoms with Crippen molar-refractivity contribution in [3.8, 4) is 28.4 Å². The molecule has 2 amide bonds. The zero-order chi connectivity index (χ0) is 32.0. The number of aromatic nitrogens is 4. The number of methoxy groups -OCH3 is 1. The van der Waals surface area contributed by atoms with Gasteiger partial charge < -0.3 is 19.9 Å². The molecule has 3 aromatic heterocycles. The number of anilines is 1. The topological polar surface area (TPSA) is 140 Å². The third kappa shape index (κ3) is 5.60. The lowest BCUT2D eigenvalue weighted by atomic mass is 9.79. The van der Waals surface area contributed by atoms with Crippen molar-refractivity contribution in [2.45, 2.75) is 13.0 Å². The van der Waals surface area contributed by atoms with Gasteiger partial charge in [-0.25, -0.2) is 9.78 Å². The first kappa shape index (κ1) is 30.5. The van der Waals surface area contributed by atoms with Crippen molar-refractivity contribution in [1.82, 2.24) is 29.3 Å². The van der Waals surface area contributed by atoms with E-state index < -0.39 is 17.2 Å². The molecule has 0 saturated carbocycles. The lowest BCUT2D eigenvalue weighted by Crippen LogP contribution is -2.56. The predicted molar refractivity (Wildman–Crippen MR) is 170 cm³/mol. The Bertz CT molecular complexity index is 1980. The fourth-order valence-electron chi connectivity index (χ4n) is 5.95. The van der Waals surface area contributed by atoms with Crippen LogP contribution in [0.2, 0.25) is 10.0 Å². The summed E-state index contributed by atoms with van der Waals surface area (Å²) in [5.74, 6) is -0.161. The maximum Gasteiger partial charge on any atom is 0.330 e. The number of hydrogen-bond acceptors (Lipinski definition) is 8. The van der Waals surface area contributed by atoms with Gasteiger partial charge in [0.2, 0.25) is 11.8 Å². The van der Waals surface area contributed by atoms with Crippen LogP contribution in [0.3, 0.4) is 0 Å². The number of hydrogen-bond donors (Lipinski definition) is 2. The van der Waals surface area contributed by atoms with Crippen molar-refractivity contribution in [1.29, 1.82) is 0 Å². The molecule has 45 heavy (non-hydrogen) atoms.